The molecule has 0 aliphatic carbocycles. The van der Waals surface area contributed by atoms with Gasteiger partial charge in [0, 0.05) is 17.0 Å². The number of nitrogens with one attached hydrogen (secondary N) is 1. The molecule has 1 aromatic carbocycles. The van der Waals surface area contributed by atoms with Crippen LogP contribution in [0, 0.1) is 0 Å². The van der Waals surface area contributed by atoms with E-state index in [2.05, 4.69) is 24.0 Å². The molecule has 0 aromatic heterocycles. The Morgan fingerprint density at radius 2 is 2.16 bits per heavy atom. The smallest absolute Gasteiger partial charge is 0.245 e. The van der Waals surface area contributed by atoms with E-state index in [0.717, 1.165) is 30.6 Å². The van der Waals surface area contributed by atoms with E-state index in [1.807, 2.05) is 24.3 Å². The maximum absolute atomic E-state index is 11.7. The van der Waals surface area contributed by atoms with Crippen molar-refractivity contribution >= 4 is 17.7 Å². The molecule has 0 spiro atoms. The van der Waals surface area contributed by atoms with E-state index in [9.17, 15) is 4.79 Å². The Bertz CT molecular complexity index is 467. The Hall–Kier alpha value is -1.48. The first-order valence-corrected chi connectivity index (χ1v) is 7.44. The molecule has 3 heteroatoms. The summed E-state index contributed by atoms with van der Waals surface area (Å²) in [5, 5.41) is 3.03. The third kappa shape index (κ3) is 4.60. The summed E-state index contributed by atoms with van der Waals surface area (Å²) in [6.07, 6.45) is 7.70. The second-order valence-corrected chi connectivity index (χ2v) is 5.85. The number of benzene rings is 1. The molecule has 1 heterocycles. The van der Waals surface area contributed by atoms with Gasteiger partial charge >= 0.3 is 0 Å². The van der Waals surface area contributed by atoms with Gasteiger partial charge in [-0.3, -0.25) is 4.79 Å². The molecule has 0 saturated carbocycles. The van der Waals surface area contributed by atoms with Crippen molar-refractivity contribution < 1.29 is 4.79 Å². The van der Waals surface area contributed by atoms with Crippen LogP contribution in [-0.2, 0) is 4.79 Å². The van der Waals surface area contributed by atoms with Gasteiger partial charge in [0.2, 0.25) is 5.91 Å². The number of allylic oxidation sites excluding steroid dienone is 1. The second kappa shape index (κ2) is 7.19. The molecule has 0 saturated heterocycles. The summed E-state index contributed by atoms with van der Waals surface area (Å²) in [6.45, 7) is 3.73. The van der Waals surface area contributed by atoms with Crippen molar-refractivity contribution in [3.05, 3.63) is 54.0 Å². The fourth-order valence-corrected chi connectivity index (χ4v) is 3.18. The number of unbranched alkanes of at least 4 members (excludes halogenated alkanes) is 1. The second-order valence-electron chi connectivity index (χ2n) is 4.65. The van der Waals surface area contributed by atoms with Crippen molar-refractivity contribution in [1.82, 2.24) is 5.32 Å². The highest BCUT2D eigenvalue weighted by Crippen LogP contribution is 2.31. The van der Waals surface area contributed by atoms with Crippen molar-refractivity contribution in [2.75, 3.05) is 0 Å². The normalized spacial score (nSPS) is 18.6. The molecule has 1 unspecified atom stereocenters. The Kier molecular flexibility index (Phi) is 5.28. The van der Waals surface area contributed by atoms with Crippen LogP contribution in [0.1, 0.15) is 25.7 Å². The molecule has 2 rings (SSSR count). The zero-order valence-electron chi connectivity index (χ0n) is 11.0. The lowest BCUT2D eigenvalue weighted by Gasteiger charge is -2.23. The molecule has 0 fully saturated rings. The van der Waals surface area contributed by atoms with Gasteiger partial charge in [0.1, 0.15) is 0 Å². The minimum atomic E-state index is 0.0354. The summed E-state index contributed by atoms with van der Waals surface area (Å²) in [5.74, 6) is 0.0354. The predicted octanol–water partition coefficient (Wildman–Crippen LogP) is 3.91. The van der Waals surface area contributed by atoms with Crippen molar-refractivity contribution in [2.24, 2.45) is 0 Å². The topological polar surface area (TPSA) is 29.1 Å². The SMILES string of the molecule is C=CCCCC1CC(Sc2ccccc2)=CC(=O)N1. The quantitative estimate of drug-likeness (QED) is 0.629. The van der Waals surface area contributed by atoms with Crippen LogP contribution in [0.5, 0.6) is 0 Å². The van der Waals surface area contributed by atoms with E-state index in [4.69, 9.17) is 0 Å². The molecule has 0 bridgehead atoms. The number of hydrogen-bond donors (Lipinski definition) is 1. The largest absolute Gasteiger partial charge is 0.349 e. The number of hydrogen-bond acceptors (Lipinski definition) is 2. The van der Waals surface area contributed by atoms with Gasteiger partial charge in [-0.15, -0.1) is 6.58 Å². The van der Waals surface area contributed by atoms with Crippen LogP contribution in [0.25, 0.3) is 0 Å². The highest BCUT2D eigenvalue weighted by atomic mass is 32.2. The fraction of sp³-hybridized carbons (Fsp3) is 0.312. The van der Waals surface area contributed by atoms with E-state index in [0.29, 0.717) is 0 Å². The summed E-state index contributed by atoms with van der Waals surface area (Å²) in [6, 6.07) is 10.5. The summed E-state index contributed by atoms with van der Waals surface area (Å²) >= 11 is 1.69. The summed E-state index contributed by atoms with van der Waals surface area (Å²) in [7, 11) is 0. The average Bonchev–Trinajstić information content (AvgIpc) is 2.39. The molecule has 1 aliphatic heterocycles. The van der Waals surface area contributed by atoms with Crippen molar-refractivity contribution in [3.63, 3.8) is 0 Å². The van der Waals surface area contributed by atoms with Gasteiger partial charge in [-0.25, -0.2) is 0 Å². The standard InChI is InChI=1S/C16H19NOS/c1-2-3-5-8-13-11-15(12-16(18)17-13)19-14-9-6-4-7-10-14/h2,4,6-7,9-10,12-13H,1,3,5,8,11H2,(H,17,18). The van der Waals surface area contributed by atoms with E-state index < -0.39 is 0 Å². The lowest BCUT2D eigenvalue weighted by Crippen LogP contribution is -2.37. The Morgan fingerprint density at radius 3 is 2.89 bits per heavy atom. The lowest BCUT2D eigenvalue weighted by atomic mass is 10.0. The highest BCUT2D eigenvalue weighted by molar-refractivity contribution is 8.03. The number of amides is 1. The molecule has 1 aliphatic rings. The number of thioether (sulfide) groups is 1. The zero-order valence-corrected chi connectivity index (χ0v) is 11.8. The first kappa shape index (κ1) is 13.9. The van der Waals surface area contributed by atoms with Crippen LogP contribution >= 0.6 is 11.8 Å². The van der Waals surface area contributed by atoms with Crippen LogP contribution in [0.2, 0.25) is 0 Å². The monoisotopic (exact) mass is 273 g/mol. The maximum Gasteiger partial charge on any atom is 0.245 e. The van der Waals surface area contributed by atoms with Crippen molar-refractivity contribution in [2.45, 2.75) is 36.6 Å². The number of carbonyl (C=O) groups excluding carboxylic acids is 1. The van der Waals surface area contributed by atoms with Crippen LogP contribution in [0.4, 0.5) is 0 Å². The lowest BCUT2D eigenvalue weighted by molar-refractivity contribution is -0.117. The Labute approximate surface area is 119 Å². The van der Waals surface area contributed by atoms with Crippen LogP contribution in [0.15, 0.2) is 58.9 Å². The van der Waals surface area contributed by atoms with Gasteiger partial charge in [-0.2, -0.15) is 0 Å². The highest BCUT2D eigenvalue weighted by Gasteiger charge is 2.19. The molecule has 1 N–H and O–H groups in total. The third-order valence-corrected chi connectivity index (χ3v) is 4.09. The van der Waals surface area contributed by atoms with Crippen molar-refractivity contribution in [1.29, 1.82) is 0 Å². The summed E-state index contributed by atoms with van der Waals surface area (Å²) in [4.78, 5) is 14.0. The maximum atomic E-state index is 11.7. The fourth-order valence-electron chi connectivity index (χ4n) is 2.14. The molecule has 1 amide bonds. The molecule has 1 aromatic rings. The Balaban J connectivity index is 1.93. The van der Waals surface area contributed by atoms with Crippen LogP contribution in [-0.4, -0.2) is 11.9 Å². The third-order valence-electron chi connectivity index (χ3n) is 3.04. The Morgan fingerprint density at radius 1 is 1.37 bits per heavy atom. The molecule has 19 heavy (non-hydrogen) atoms. The summed E-state index contributed by atoms with van der Waals surface area (Å²) in [5.41, 5.74) is 0. The molecule has 2 nitrogen and oxygen atoms in total. The first-order chi connectivity index (χ1) is 9.28. The summed E-state index contributed by atoms with van der Waals surface area (Å²) < 4.78 is 0. The van der Waals surface area contributed by atoms with Crippen LogP contribution in [0.3, 0.4) is 0 Å². The van der Waals surface area contributed by atoms with Gasteiger partial charge in [0.25, 0.3) is 0 Å². The van der Waals surface area contributed by atoms with E-state index in [1.54, 1.807) is 17.8 Å². The van der Waals surface area contributed by atoms with E-state index in [-0.39, 0.29) is 11.9 Å². The number of carbonyl (C=O) groups is 1. The van der Waals surface area contributed by atoms with E-state index >= 15 is 0 Å². The van der Waals surface area contributed by atoms with Gasteiger partial charge in [-0.1, -0.05) is 36.0 Å². The average molecular weight is 273 g/mol. The van der Waals surface area contributed by atoms with Gasteiger partial charge in [-0.05, 0) is 42.7 Å². The minimum absolute atomic E-state index is 0.0354. The molecule has 0 radical (unpaired) electrons. The molecular formula is C16H19NOS. The van der Waals surface area contributed by atoms with Gasteiger partial charge < -0.3 is 5.32 Å². The van der Waals surface area contributed by atoms with E-state index in [1.165, 1.54) is 4.90 Å². The number of rotatable bonds is 6. The first-order valence-electron chi connectivity index (χ1n) is 6.63. The van der Waals surface area contributed by atoms with Gasteiger partial charge in [0.05, 0.1) is 0 Å². The molecule has 100 valence electrons. The predicted molar refractivity (Wildman–Crippen MR) is 81.0 cm³/mol. The minimum Gasteiger partial charge on any atom is -0.349 e. The zero-order chi connectivity index (χ0) is 13.5. The molecular weight excluding hydrogens is 254 g/mol. The van der Waals surface area contributed by atoms with Crippen LogP contribution < -0.4 is 5.32 Å². The van der Waals surface area contributed by atoms with Crippen molar-refractivity contribution in [3.8, 4) is 0 Å². The van der Waals surface area contributed by atoms with Gasteiger partial charge in [0.15, 0.2) is 0 Å². The molecule has 1 atom stereocenters.